The smallest absolute Gasteiger partial charge is 0.221 e. The molecule has 0 bridgehead atoms. The Labute approximate surface area is 133 Å². The largest absolute Gasteiger partial charge is 0.648 e. The Balaban J connectivity index is 1.98. The molecule has 3 rings (SSSR count). The van der Waals surface area contributed by atoms with E-state index in [0.717, 1.165) is 12.8 Å². The number of aliphatic hydroxyl groups excluding tert-OH is 1. The van der Waals surface area contributed by atoms with Gasteiger partial charge in [0.2, 0.25) is 5.85 Å². The first-order chi connectivity index (χ1) is 10.5. The topological polar surface area (TPSA) is 59.0 Å². The summed E-state index contributed by atoms with van der Waals surface area (Å²) in [4.78, 5) is 13.8. The molecule has 0 amide bonds. The summed E-state index contributed by atoms with van der Waals surface area (Å²) in [5.74, 6) is -0.467. The Kier molecular flexibility index (Phi) is 4.45. The van der Waals surface area contributed by atoms with Gasteiger partial charge in [-0.1, -0.05) is 25.0 Å². The first-order valence-corrected chi connectivity index (χ1v) is 9.57. The number of hydrogen-bond donors (Lipinski definition) is 1. The lowest BCUT2D eigenvalue weighted by Gasteiger charge is -2.41. The molecule has 122 valence electrons. The van der Waals surface area contributed by atoms with Crippen LogP contribution in [0.5, 0.6) is 5.75 Å². The average Bonchev–Trinajstić information content (AvgIpc) is 2.77. The maximum Gasteiger partial charge on any atom is 0.221 e. The molecule has 3 atom stereocenters. The minimum atomic E-state index is -3.07. The molecular formula is C16H25N2O3P. The zero-order valence-electron chi connectivity index (χ0n) is 13.5. The molecule has 1 unspecified atom stereocenters. The third-order valence-corrected chi connectivity index (χ3v) is 8.61. The number of likely N-dealkylation sites (N-methyl/N-ethyl adjacent to an activating group) is 2. The quantitative estimate of drug-likeness (QED) is 0.862. The molecular weight excluding hydrogens is 299 g/mol. The van der Waals surface area contributed by atoms with Crippen molar-refractivity contribution in [2.45, 2.75) is 43.6 Å². The van der Waals surface area contributed by atoms with E-state index in [1.807, 2.05) is 35.6 Å². The fraction of sp³-hybridized carbons (Fsp3) is 0.625. The summed E-state index contributed by atoms with van der Waals surface area (Å²) in [7, 11) is 2.29. The highest BCUT2D eigenvalue weighted by Crippen LogP contribution is 2.72. The number of rotatable bonds is 3. The predicted molar refractivity (Wildman–Crippen MR) is 86.4 cm³/mol. The van der Waals surface area contributed by atoms with Gasteiger partial charge in [0.25, 0.3) is 0 Å². The molecule has 1 heterocycles. The highest BCUT2D eigenvalue weighted by atomic mass is 31.2. The zero-order valence-corrected chi connectivity index (χ0v) is 14.4. The minimum absolute atomic E-state index is 0.272. The third kappa shape index (κ3) is 2.27. The van der Waals surface area contributed by atoms with Gasteiger partial charge in [0.05, 0.1) is 24.8 Å². The minimum Gasteiger partial charge on any atom is -0.648 e. The lowest BCUT2D eigenvalue weighted by Crippen LogP contribution is -2.37. The predicted octanol–water partition coefficient (Wildman–Crippen LogP) is 2.00. The molecule has 0 spiro atoms. The van der Waals surface area contributed by atoms with Gasteiger partial charge in [-0.15, -0.1) is 0 Å². The molecule has 0 aromatic heterocycles. The Morgan fingerprint density at radius 1 is 1.18 bits per heavy atom. The van der Waals surface area contributed by atoms with E-state index < -0.39 is 13.6 Å². The van der Waals surface area contributed by atoms with Gasteiger partial charge in [0.1, 0.15) is 13.5 Å². The van der Waals surface area contributed by atoms with Gasteiger partial charge in [0, 0.05) is 14.1 Å². The molecule has 6 heteroatoms. The summed E-state index contributed by atoms with van der Waals surface area (Å²) in [6, 6.07) is 7.84. The van der Waals surface area contributed by atoms with Gasteiger partial charge in [-0.3, -0.25) is 0 Å². The van der Waals surface area contributed by atoms with Crippen LogP contribution in [0.2, 0.25) is 0 Å². The van der Waals surface area contributed by atoms with Crippen LogP contribution in [-0.2, 0) is 0 Å². The molecule has 22 heavy (non-hydrogen) atoms. The molecule has 2 aliphatic rings. The van der Waals surface area contributed by atoms with Gasteiger partial charge in [0.15, 0.2) is 0 Å². The van der Waals surface area contributed by atoms with Crippen molar-refractivity contribution in [1.82, 2.24) is 9.34 Å². The molecule has 5 nitrogen and oxygen atoms in total. The van der Waals surface area contributed by atoms with Crippen molar-refractivity contribution in [1.29, 1.82) is 0 Å². The molecule has 1 aliphatic carbocycles. The van der Waals surface area contributed by atoms with Gasteiger partial charge in [-0.2, -0.15) is 9.34 Å². The van der Waals surface area contributed by atoms with Crippen molar-refractivity contribution in [3.05, 3.63) is 29.8 Å². The van der Waals surface area contributed by atoms with Crippen LogP contribution in [0.15, 0.2) is 24.3 Å². The fourth-order valence-corrected chi connectivity index (χ4v) is 7.12. The van der Waals surface area contributed by atoms with E-state index in [1.165, 1.54) is 12.8 Å². The van der Waals surface area contributed by atoms with Crippen molar-refractivity contribution in [3.8, 4) is 5.75 Å². The highest BCUT2D eigenvalue weighted by molar-refractivity contribution is 7.64. The molecule has 1 aromatic carbocycles. The Hall–Kier alpha value is -0.710. The van der Waals surface area contributed by atoms with E-state index in [2.05, 4.69) is 0 Å². The summed E-state index contributed by atoms with van der Waals surface area (Å²) in [5, 5.41) is 11.0. The van der Waals surface area contributed by atoms with Gasteiger partial charge in [-0.05, 0) is 25.0 Å². The van der Waals surface area contributed by atoms with E-state index in [1.54, 1.807) is 19.2 Å². The standard InChI is InChI=1S/C16H25N2O3P/c1-17-13-9-5-6-10-14(13)18(2)22(17,20)16(19)12-8-4-7-11-15(12)21-3/h4,7-8,11,13-14,16,19H,5-6,9-10H2,1-3H3/t13-,14-,16?/m0/s1. The first-order valence-electron chi connectivity index (χ1n) is 7.89. The van der Waals surface area contributed by atoms with Crippen LogP contribution in [0, 0.1) is 0 Å². The number of aliphatic hydroxyl groups is 1. The molecule has 1 saturated heterocycles. The van der Waals surface area contributed by atoms with Crippen LogP contribution in [0.3, 0.4) is 0 Å². The number of fused-ring (bicyclic) bond motifs is 1. The monoisotopic (exact) mass is 324 g/mol. The highest BCUT2D eigenvalue weighted by Gasteiger charge is 2.59. The van der Waals surface area contributed by atoms with Crippen molar-refractivity contribution in [3.63, 3.8) is 0 Å². The zero-order chi connectivity index (χ0) is 15.9. The third-order valence-electron chi connectivity index (χ3n) is 5.29. The second-order valence-corrected chi connectivity index (χ2v) is 9.20. The maximum absolute atomic E-state index is 13.8. The first kappa shape index (κ1) is 16.2. The number of nitrogens with zero attached hydrogens (tertiary/aromatic N) is 2. The number of methoxy groups -OCH3 is 1. The van der Waals surface area contributed by atoms with Crippen LogP contribution in [0.1, 0.15) is 37.1 Å². The molecule has 1 N–H and O–H groups in total. The average molecular weight is 324 g/mol. The van der Waals surface area contributed by atoms with E-state index in [0.29, 0.717) is 11.3 Å². The van der Waals surface area contributed by atoms with Crippen LogP contribution in [-0.4, -0.2) is 47.7 Å². The van der Waals surface area contributed by atoms with Crippen molar-refractivity contribution in [2.75, 3.05) is 21.2 Å². The molecule has 1 saturated carbocycles. The Morgan fingerprint density at radius 2 is 1.73 bits per heavy atom. The summed E-state index contributed by atoms with van der Waals surface area (Å²) in [6.07, 6.45) is 4.44. The van der Waals surface area contributed by atoms with Gasteiger partial charge in [-0.25, -0.2) is 0 Å². The van der Waals surface area contributed by atoms with Gasteiger partial charge < -0.3 is 14.7 Å². The molecule has 0 radical (unpaired) electrons. The fourth-order valence-electron chi connectivity index (χ4n) is 4.02. The second-order valence-electron chi connectivity index (χ2n) is 6.27. The summed E-state index contributed by atoms with van der Waals surface area (Å²) in [5.41, 5.74) is 0.602. The Bertz CT molecular complexity index is 524. The summed E-state index contributed by atoms with van der Waals surface area (Å²) in [6.45, 7) is 0. The van der Waals surface area contributed by atoms with Gasteiger partial charge >= 0.3 is 0 Å². The number of ether oxygens (including phenoxy) is 1. The lowest BCUT2D eigenvalue weighted by molar-refractivity contribution is -0.198. The van der Waals surface area contributed by atoms with E-state index in [9.17, 15) is 10.00 Å². The normalized spacial score (nSPS) is 30.0. The van der Waals surface area contributed by atoms with E-state index in [4.69, 9.17) is 4.74 Å². The summed E-state index contributed by atoms with van der Waals surface area (Å²) >= 11 is 0. The van der Waals surface area contributed by atoms with Crippen molar-refractivity contribution < 1.29 is 14.7 Å². The van der Waals surface area contributed by atoms with Crippen molar-refractivity contribution >= 4 is 7.79 Å². The molecule has 1 aromatic rings. The van der Waals surface area contributed by atoms with Crippen LogP contribution < -0.4 is 9.63 Å². The number of para-hydroxylation sites is 1. The number of benzene rings is 1. The summed E-state index contributed by atoms with van der Waals surface area (Å²) < 4.78 is 9.22. The molecule has 2 fully saturated rings. The maximum atomic E-state index is 13.8. The van der Waals surface area contributed by atoms with E-state index in [-0.39, 0.29) is 12.1 Å². The van der Waals surface area contributed by atoms with Crippen molar-refractivity contribution in [2.24, 2.45) is 0 Å². The number of hydrogen-bond acceptors (Lipinski definition) is 5. The second kappa shape index (κ2) is 6.06. The van der Waals surface area contributed by atoms with Crippen LogP contribution in [0.4, 0.5) is 0 Å². The SMILES string of the molecule is COc1ccccc1C(O)[P+]1([O-])N(C)[C@H]2CCCC[C@@H]2N1C. The Morgan fingerprint density at radius 3 is 2.27 bits per heavy atom. The van der Waals surface area contributed by atoms with Crippen LogP contribution >= 0.6 is 7.79 Å². The van der Waals surface area contributed by atoms with Crippen LogP contribution in [0.25, 0.3) is 0 Å². The van der Waals surface area contributed by atoms with E-state index >= 15 is 0 Å². The molecule has 1 aliphatic heterocycles. The lowest BCUT2D eigenvalue weighted by atomic mass is 9.91.